The fourth-order valence-electron chi connectivity index (χ4n) is 1.83. The number of nitrogens with zero attached hydrogens (tertiary/aromatic N) is 3. The van der Waals surface area contributed by atoms with E-state index in [1.54, 1.807) is 18.3 Å². The topological polar surface area (TPSA) is 65.1 Å². The molecule has 0 bridgehead atoms. The van der Waals surface area contributed by atoms with Crippen LogP contribution in [0.4, 0.5) is 5.88 Å². The maximum atomic E-state index is 8.97. The zero-order chi connectivity index (χ0) is 13.8. The van der Waals surface area contributed by atoms with Crippen molar-refractivity contribution in [2.75, 3.05) is 26.0 Å². The molecule has 100 valence electrons. The number of hydrogen-bond acceptors (Lipinski definition) is 6. The zero-order valence-electron chi connectivity index (χ0n) is 11.2. The molecule has 0 aromatic carbocycles. The van der Waals surface area contributed by atoms with E-state index in [-0.39, 0.29) is 6.04 Å². The Morgan fingerprint density at radius 1 is 1.58 bits per heavy atom. The van der Waals surface area contributed by atoms with E-state index >= 15 is 0 Å². The zero-order valence-corrected chi connectivity index (χ0v) is 12.0. The summed E-state index contributed by atoms with van der Waals surface area (Å²) in [4.78, 5) is 7.42. The van der Waals surface area contributed by atoms with Crippen molar-refractivity contribution in [1.29, 1.82) is 5.26 Å². The molecular formula is C13H16N4OS. The Morgan fingerprint density at radius 2 is 2.37 bits per heavy atom. The number of likely N-dealkylation sites (N-methyl/N-ethyl adjacent to an activating group) is 1. The Morgan fingerprint density at radius 3 is 2.95 bits per heavy atom. The van der Waals surface area contributed by atoms with Gasteiger partial charge in [0.15, 0.2) is 5.89 Å². The molecule has 0 aliphatic heterocycles. The lowest BCUT2D eigenvalue weighted by atomic mass is 10.2. The van der Waals surface area contributed by atoms with E-state index in [4.69, 9.17) is 9.68 Å². The van der Waals surface area contributed by atoms with Crippen LogP contribution in [0.25, 0.3) is 0 Å². The van der Waals surface area contributed by atoms with Crippen LogP contribution >= 0.6 is 11.3 Å². The van der Waals surface area contributed by atoms with E-state index in [2.05, 4.69) is 26.6 Å². The second-order valence-electron chi connectivity index (χ2n) is 4.40. The maximum Gasteiger partial charge on any atom is 0.232 e. The number of nitrogens with one attached hydrogen (secondary N) is 1. The summed E-state index contributed by atoms with van der Waals surface area (Å²) in [5, 5.41) is 14.2. The molecule has 0 fully saturated rings. The normalized spacial score (nSPS) is 12.4. The highest BCUT2D eigenvalue weighted by molar-refractivity contribution is 7.10. The van der Waals surface area contributed by atoms with Crippen molar-refractivity contribution in [3.63, 3.8) is 0 Å². The molecule has 0 saturated heterocycles. The van der Waals surface area contributed by atoms with Gasteiger partial charge >= 0.3 is 0 Å². The summed E-state index contributed by atoms with van der Waals surface area (Å²) in [5.41, 5.74) is 0.307. The van der Waals surface area contributed by atoms with Gasteiger partial charge in [-0.2, -0.15) is 5.26 Å². The van der Waals surface area contributed by atoms with Crippen molar-refractivity contribution < 1.29 is 4.42 Å². The minimum Gasteiger partial charge on any atom is -0.424 e. The van der Waals surface area contributed by atoms with E-state index in [1.165, 1.54) is 4.88 Å². The van der Waals surface area contributed by atoms with E-state index in [0.29, 0.717) is 24.0 Å². The lowest BCUT2D eigenvalue weighted by molar-refractivity contribution is 0.314. The third-order valence-electron chi connectivity index (χ3n) is 2.79. The summed E-state index contributed by atoms with van der Waals surface area (Å²) in [6, 6.07) is 6.40. The van der Waals surface area contributed by atoms with Crippen LogP contribution in [0.3, 0.4) is 0 Å². The molecular weight excluding hydrogens is 260 g/mol. The van der Waals surface area contributed by atoms with E-state index in [9.17, 15) is 0 Å². The van der Waals surface area contributed by atoms with Gasteiger partial charge in [0.25, 0.3) is 0 Å². The van der Waals surface area contributed by atoms with Gasteiger partial charge < -0.3 is 14.6 Å². The highest BCUT2D eigenvalue weighted by atomic mass is 32.1. The number of oxazole rings is 1. The summed E-state index contributed by atoms with van der Waals surface area (Å²) in [6.07, 6.45) is 0. The molecule has 2 rings (SSSR count). The number of hydrogen-bond donors (Lipinski definition) is 1. The van der Waals surface area contributed by atoms with E-state index < -0.39 is 0 Å². The predicted molar refractivity (Wildman–Crippen MR) is 75.2 cm³/mol. The highest BCUT2D eigenvalue weighted by Gasteiger charge is 2.17. The SMILES string of the molecule is Cc1nc(C#N)c(NC[C@H](c2cccs2)N(C)C)o1. The Balaban J connectivity index is 2.09. The van der Waals surface area contributed by atoms with Gasteiger partial charge in [-0.15, -0.1) is 11.3 Å². The molecule has 1 atom stereocenters. The minimum absolute atomic E-state index is 0.233. The molecule has 0 aliphatic carbocycles. The first kappa shape index (κ1) is 13.6. The summed E-state index contributed by atoms with van der Waals surface area (Å²) in [7, 11) is 4.06. The third-order valence-corrected chi connectivity index (χ3v) is 3.76. The number of aromatic nitrogens is 1. The number of anilines is 1. The average molecular weight is 276 g/mol. The first-order valence-corrected chi connectivity index (χ1v) is 6.81. The maximum absolute atomic E-state index is 8.97. The summed E-state index contributed by atoms with van der Waals surface area (Å²) in [5.74, 6) is 0.944. The molecule has 1 N–H and O–H groups in total. The number of rotatable bonds is 5. The molecule has 19 heavy (non-hydrogen) atoms. The van der Waals surface area contributed by atoms with Crippen LogP contribution in [0.5, 0.6) is 0 Å². The minimum atomic E-state index is 0.233. The molecule has 0 amide bonds. The van der Waals surface area contributed by atoms with E-state index in [1.807, 2.05) is 26.2 Å². The first-order chi connectivity index (χ1) is 9.11. The van der Waals surface area contributed by atoms with E-state index in [0.717, 1.165) is 0 Å². The van der Waals surface area contributed by atoms with Crippen LogP contribution in [0.15, 0.2) is 21.9 Å². The lowest BCUT2D eigenvalue weighted by Gasteiger charge is -2.23. The predicted octanol–water partition coefficient (Wildman–Crippen LogP) is 2.63. The molecule has 0 saturated carbocycles. The summed E-state index contributed by atoms with van der Waals surface area (Å²) in [6.45, 7) is 2.39. The standard InChI is InChI=1S/C13H16N4OS/c1-9-16-10(7-14)13(18-9)15-8-11(17(2)3)12-5-4-6-19-12/h4-6,11,15H,8H2,1-3H3/t11-/m1/s1. The van der Waals surface area contributed by atoms with Gasteiger partial charge in [-0.3, -0.25) is 0 Å². The summed E-state index contributed by atoms with van der Waals surface area (Å²) >= 11 is 1.72. The van der Waals surface area contributed by atoms with Crippen LogP contribution in [-0.2, 0) is 0 Å². The molecule has 0 aliphatic rings. The van der Waals surface area contributed by atoms with Gasteiger partial charge in [-0.25, -0.2) is 4.98 Å². The highest BCUT2D eigenvalue weighted by Crippen LogP contribution is 2.24. The van der Waals surface area contributed by atoms with Crippen LogP contribution < -0.4 is 5.32 Å². The van der Waals surface area contributed by atoms with Crippen LogP contribution in [-0.4, -0.2) is 30.5 Å². The Kier molecular flexibility index (Phi) is 4.20. The number of thiophene rings is 1. The van der Waals surface area contributed by atoms with Gasteiger partial charge in [0.2, 0.25) is 11.6 Å². The molecule has 0 radical (unpaired) electrons. The lowest BCUT2D eigenvalue weighted by Crippen LogP contribution is -2.26. The molecule has 2 heterocycles. The largest absolute Gasteiger partial charge is 0.424 e. The number of nitriles is 1. The van der Waals surface area contributed by atoms with Crippen molar-refractivity contribution in [2.45, 2.75) is 13.0 Å². The molecule has 6 heteroatoms. The van der Waals surface area contributed by atoms with Crippen molar-refractivity contribution in [1.82, 2.24) is 9.88 Å². The fourth-order valence-corrected chi connectivity index (χ4v) is 2.75. The Labute approximate surface area is 116 Å². The van der Waals surface area contributed by atoms with Gasteiger partial charge in [0.05, 0.1) is 6.04 Å². The average Bonchev–Trinajstić information content (AvgIpc) is 2.98. The Hall–Kier alpha value is -1.84. The van der Waals surface area contributed by atoms with Crippen molar-refractivity contribution >= 4 is 17.2 Å². The number of aryl methyl sites for hydroxylation is 1. The summed E-state index contributed by atoms with van der Waals surface area (Å²) < 4.78 is 5.39. The van der Waals surface area contributed by atoms with Crippen molar-refractivity contribution in [2.24, 2.45) is 0 Å². The monoisotopic (exact) mass is 276 g/mol. The third kappa shape index (κ3) is 3.13. The fraction of sp³-hybridized carbons (Fsp3) is 0.385. The van der Waals surface area contributed by atoms with Gasteiger partial charge in [-0.05, 0) is 25.5 Å². The second kappa shape index (κ2) is 5.87. The molecule has 2 aromatic heterocycles. The van der Waals surface area contributed by atoms with Gasteiger partial charge in [-0.1, -0.05) is 6.07 Å². The Bertz CT molecular complexity index is 568. The quantitative estimate of drug-likeness (QED) is 0.909. The van der Waals surface area contributed by atoms with Crippen LogP contribution in [0, 0.1) is 18.3 Å². The molecule has 0 unspecified atom stereocenters. The van der Waals surface area contributed by atoms with Gasteiger partial charge in [0.1, 0.15) is 6.07 Å². The smallest absolute Gasteiger partial charge is 0.232 e. The first-order valence-electron chi connectivity index (χ1n) is 5.93. The van der Waals surface area contributed by atoms with Crippen molar-refractivity contribution in [3.05, 3.63) is 34.0 Å². The van der Waals surface area contributed by atoms with Crippen LogP contribution in [0.1, 0.15) is 22.5 Å². The second-order valence-corrected chi connectivity index (χ2v) is 5.38. The molecule has 2 aromatic rings. The van der Waals surface area contributed by atoms with Crippen molar-refractivity contribution in [3.8, 4) is 6.07 Å². The molecule has 5 nitrogen and oxygen atoms in total. The molecule has 0 spiro atoms. The van der Waals surface area contributed by atoms with Crippen LogP contribution in [0.2, 0.25) is 0 Å². The van der Waals surface area contributed by atoms with Gasteiger partial charge in [0, 0.05) is 18.3 Å².